The second kappa shape index (κ2) is 4.27. The largest absolute Gasteiger partial charge is 0.385 e. The summed E-state index contributed by atoms with van der Waals surface area (Å²) in [6.45, 7) is 7.41. The molecule has 3 heteroatoms. The van der Waals surface area contributed by atoms with E-state index in [1.807, 2.05) is 11.9 Å². The van der Waals surface area contributed by atoms with Crippen molar-refractivity contribution < 1.29 is 9.53 Å². The van der Waals surface area contributed by atoms with Crippen molar-refractivity contribution in [2.75, 3.05) is 20.8 Å². The first kappa shape index (κ1) is 12.9. The monoisotopic (exact) mass is 239 g/mol. The molecule has 2 aliphatic rings. The van der Waals surface area contributed by atoms with Crippen LogP contribution in [0.1, 0.15) is 33.6 Å². The van der Waals surface area contributed by atoms with E-state index in [2.05, 4.69) is 20.8 Å². The van der Waals surface area contributed by atoms with Crippen molar-refractivity contribution in [2.24, 2.45) is 23.2 Å². The molecule has 0 aromatic heterocycles. The third kappa shape index (κ3) is 1.70. The van der Waals surface area contributed by atoms with Gasteiger partial charge in [0.15, 0.2) is 0 Å². The first-order valence-corrected chi connectivity index (χ1v) is 6.69. The molecule has 1 amide bonds. The molecule has 5 atom stereocenters. The van der Waals surface area contributed by atoms with Gasteiger partial charge < -0.3 is 9.64 Å². The van der Waals surface area contributed by atoms with E-state index in [0.29, 0.717) is 36.3 Å². The van der Waals surface area contributed by atoms with E-state index in [1.165, 1.54) is 6.42 Å². The second-order valence-corrected chi connectivity index (χ2v) is 6.28. The van der Waals surface area contributed by atoms with Gasteiger partial charge in [0, 0.05) is 26.8 Å². The van der Waals surface area contributed by atoms with Gasteiger partial charge >= 0.3 is 0 Å². The number of ether oxygens (including phenoxy) is 1. The van der Waals surface area contributed by atoms with Crippen LogP contribution < -0.4 is 0 Å². The van der Waals surface area contributed by atoms with E-state index in [1.54, 1.807) is 7.11 Å². The highest BCUT2D eigenvalue weighted by Gasteiger charge is 2.60. The second-order valence-electron chi connectivity index (χ2n) is 6.28. The standard InChI is InChI=1S/C14H25NO2/c1-9-8-10(2)12-11(9)14(3,6-7-17-5)13(16)15(12)4/h9-12H,6-8H2,1-5H3. The number of methoxy groups -OCH3 is 1. The predicted molar refractivity (Wildman–Crippen MR) is 67.6 cm³/mol. The van der Waals surface area contributed by atoms with Crippen LogP contribution in [-0.2, 0) is 9.53 Å². The number of amides is 1. The summed E-state index contributed by atoms with van der Waals surface area (Å²) in [4.78, 5) is 14.5. The quantitative estimate of drug-likeness (QED) is 0.755. The molecule has 0 aromatic rings. The summed E-state index contributed by atoms with van der Waals surface area (Å²) in [5.41, 5.74) is -0.209. The van der Waals surface area contributed by atoms with Gasteiger partial charge in [-0.3, -0.25) is 4.79 Å². The number of hydrogen-bond donors (Lipinski definition) is 0. The summed E-state index contributed by atoms with van der Waals surface area (Å²) < 4.78 is 5.19. The van der Waals surface area contributed by atoms with Gasteiger partial charge in [-0.2, -0.15) is 0 Å². The number of fused-ring (bicyclic) bond motifs is 1. The zero-order valence-corrected chi connectivity index (χ0v) is 11.7. The molecule has 1 aliphatic carbocycles. The van der Waals surface area contributed by atoms with Gasteiger partial charge in [0.2, 0.25) is 5.91 Å². The van der Waals surface area contributed by atoms with Gasteiger partial charge in [0.1, 0.15) is 0 Å². The molecular weight excluding hydrogens is 214 g/mol. The molecule has 0 bridgehead atoms. The lowest BCUT2D eigenvalue weighted by atomic mass is 9.71. The lowest BCUT2D eigenvalue weighted by Crippen LogP contribution is -2.36. The molecule has 0 aromatic carbocycles. The van der Waals surface area contributed by atoms with Crippen LogP contribution in [-0.4, -0.2) is 37.6 Å². The highest BCUT2D eigenvalue weighted by molar-refractivity contribution is 5.85. The van der Waals surface area contributed by atoms with E-state index in [-0.39, 0.29) is 5.41 Å². The molecule has 98 valence electrons. The Labute approximate surface area is 105 Å². The fourth-order valence-corrected chi connectivity index (χ4v) is 4.46. The van der Waals surface area contributed by atoms with Gasteiger partial charge in [-0.05, 0) is 30.6 Å². The van der Waals surface area contributed by atoms with Gasteiger partial charge in [-0.15, -0.1) is 0 Å². The van der Waals surface area contributed by atoms with Crippen molar-refractivity contribution in [1.29, 1.82) is 0 Å². The summed E-state index contributed by atoms with van der Waals surface area (Å²) in [6.07, 6.45) is 2.10. The number of carbonyl (C=O) groups is 1. The number of carbonyl (C=O) groups excluding carboxylic acids is 1. The molecule has 2 rings (SSSR count). The minimum Gasteiger partial charge on any atom is -0.385 e. The van der Waals surface area contributed by atoms with Crippen molar-refractivity contribution in [3.63, 3.8) is 0 Å². The summed E-state index contributed by atoms with van der Waals surface area (Å²) in [5, 5.41) is 0. The Hall–Kier alpha value is -0.570. The molecule has 2 fully saturated rings. The van der Waals surface area contributed by atoms with E-state index in [0.717, 1.165) is 6.42 Å². The summed E-state index contributed by atoms with van der Waals surface area (Å²) in [5.74, 6) is 2.10. The third-order valence-electron chi connectivity index (χ3n) is 5.12. The predicted octanol–water partition coefficient (Wildman–Crippen LogP) is 2.16. The maximum absolute atomic E-state index is 12.5. The Bertz CT molecular complexity index is 317. The normalized spacial score (nSPS) is 45.5. The van der Waals surface area contributed by atoms with Crippen LogP contribution in [0.15, 0.2) is 0 Å². The van der Waals surface area contributed by atoms with Crippen LogP contribution in [0.25, 0.3) is 0 Å². The summed E-state index contributed by atoms with van der Waals surface area (Å²) in [7, 11) is 3.69. The minimum atomic E-state index is -0.209. The van der Waals surface area contributed by atoms with Crippen molar-refractivity contribution >= 4 is 5.91 Å². The Balaban J connectivity index is 2.29. The maximum Gasteiger partial charge on any atom is 0.228 e. The number of nitrogens with zero attached hydrogens (tertiary/aromatic N) is 1. The van der Waals surface area contributed by atoms with Crippen molar-refractivity contribution in [2.45, 2.75) is 39.7 Å². The molecule has 5 unspecified atom stereocenters. The van der Waals surface area contributed by atoms with Crippen molar-refractivity contribution in [3.8, 4) is 0 Å². The van der Waals surface area contributed by atoms with Crippen LogP contribution in [0.2, 0.25) is 0 Å². The van der Waals surface area contributed by atoms with Crippen LogP contribution in [0.4, 0.5) is 0 Å². The SMILES string of the molecule is COCCC1(C)C(=O)N(C)C2C(C)CC(C)C21. The van der Waals surface area contributed by atoms with E-state index >= 15 is 0 Å². The number of hydrogen-bond acceptors (Lipinski definition) is 2. The molecule has 1 saturated carbocycles. The number of likely N-dealkylation sites (tertiary alicyclic amines) is 1. The maximum atomic E-state index is 12.5. The molecule has 1 aliphatic heterocycles. The smallest absolute Gasteiger partial charge is 0.228 e. The minimum absolute atomic E-state index is 0.209. The Morgan fingerprint density at radius 2 is 2.06 bits per heavy atom. The van der Waals surface area contributed by atoms with Gasteiger partial charge in [-0.25, -0.2) is 0 Å². The Kier molecular flexibility index (Phi) is 3.23. The molecular formula is C14H25NO2. The van der Waals surface area contributed by atoms with E-state index < -0.39 is 0 Å². The van der Waals surface area contributed by atoms with Crippen molar-refractivity contribution in [1.82, 2.24) is 4.90 Å². The lowest BCUT2D eigenvalue weighted by molar-refractivity contribution is -0.137. The molecule has 0 spiro atoms. The lowest BCUT2D eigenvalue weighted by Gasteiger charge is -2.30. The first-order chi connectivity index (χ1) is 7.93. The molecule has 0 N–H and O–H groups in total. The van der Waals surface area contributed by atoms with Crippen LogP contribution in [0.3, 0.4) is 0 Å². The average Bonchev–Trinajstić information content (AvgIpc) is 2.68. The fourth-order valence-electron chi connectivity index (χ4n) is 4.46. The zero-order chi connectivity index (χ0) is 12.8. The highest BCUT2D eigenvalue weighted by Crippen LogP contribution is 2.55. The zero-order valence-electron chi connectivity index (χ0n) is 11.7. The molecule has 0 radical (unpaired) electrons. The third-order valence-corrected chi connectivity index (χ3v) is 5.12. The molecule has 1 heterocycles. The molecule has 17 heavy (non-hydrogen) atoms. The van der Waals surface area contributed by atoms with Crippen LogP contribution in [0.5, 0.6) is 0 Å². The van der Waals surface area contributed by atoms with Crippen LogP contribution >= 0.6 is 0 Å². The van der Waals surface area contributed by atoms with Gasteiger partial charge in [0.05, 0.1) is 5.41 Å². The fraction of sp³-hybridized carbons (Fsp3) is 0.929. The van der Waals surface area contributed by atoms with Gasteiger partial charge in [0.25, 0.3) is 0 Å². The molecule has 3 nitrogen and oxygen atoms in total. The average molecular weight is 239 g/mol. The summed E-state index contributed by atoms with van der Waals surface area (Å²) in [6, 6.07) is 0.444. The van der Waals surface area contributed by atoms with Crippen LogP contribution in [0, 0.1) is 23.2 Å². The van der Waals surface area contributed by atoms with E-state index in [4.69, 9.17) is 4.74 Å². The van der Waals surface area contributed by atoms with Gasteiger partial charge in [-0.1, -0.05) is 20.8 Å². The Morgan fingerprint density at radius 1 is 1.41 bits per heavy atom. The van der Waals surface area contributed by atoms with E-state index in [9.17, 15) is 4.79 Å². The summed E-state index contributed by atoms with van der Waals surface area (Å²) >= 11 is 0. The first-order valence-electron chi connectivity index (χ1n) is 6.69. The Morgan fingerprint density at radius 3 is 2.65 bits per heavy atom. The molecule has 1 saturated heterocycles. The van der Waals surface area contributed by atoms with Crippen molar-refractivity contribution in [3.05, 3.63) is 0 Å². The topological polar surface area (TPSA) is 29.5 Å². The number of rotatable bonds is 3. The highest BCUT2D eigenvalue weighted by atomic mass is 16.5.